The normalized spacial score (nSPS) is 16.5. The second kappa shape index (κ2) is 12.6. The number of aromatic nitrogens is 3. The third-order valence-corrected chi connectivity index (χ3v) is 6.22. The maximum atomic E-state index is 13.5. The Kier molecular flexibility index (Phi) is 9.60. The summed E-state index contributed by atoms with van der Waals surface area (Å²) in [6, 6.07) is 5.73. The zero-order valence-electron chi connectivity index (χ0n) is 20.5. The molecular formula is C26H33ClFN5O2. The number of aliphatic imine (C=N–C) groups is 1. The highest BCUT2D eigenvalue weighted by atomic mass is 35.5. The second-order valence-corrected chi connectivity index (χ2v) is 9.56. The maximum absolute atomic E-state index is 13.5. The van der Waals surface area contributed by atoms with Crippen molar-refractivity contribution in [1.29, 1.82) is 0 Å². The molecule has 1 saturated heterocycles. The van der Waals surface area contributed by atoms with Crippen molar-refractivity contribution in [1.82, 2.24) is 19.2 Å². The number of hydrogen-bond donors (Lipinski definition) is 0. The summed E-state index contributed by atoms with van der Waals surface area (Å²) in [6.45, 7) is 7.66. The van der Waals surface area contributed by atoms with Crippen LogP contribution in [0.25, 0.3) is 11.8 Å². The Bertz CT molecular complexity index is 1140. The first-order valence-corrected chi connectivity index (χ1v) is 12.4. The minimum Gasteiger partial charge on any atom is -0.342 e. The van der Waals surface area contributed by atoms with Crippen LogP contribution >= 0.6 is 11.6 Å². The van der Waals surface area contributed by atoms with Gasteiger partial charge in [0.25, 0.3) is 0 Å². The van der Waals surface area contributed by atoms with E-state index in [-0.39, 0.29) is 29.2 Å². The van der Waals surface area contributed by atoms with Gasteiger partial charge in [-0.3, -0.25) is 9.79 Å². The minimum absolute atomic E-state index is 0.0484. The summed E-state index contributed by atoms with van der Waals surface area (Å²) in [5.41, 5.74) is 0.237. The Hall–Kier alpha value is -3.00. The molecule has 35 heavy (non-hydrogen) atoms. The number of carbonyl (C=O) groups is 1. The SMILES string of the molecule is CCCC(C)C(=O)N1CCC(Cn2nc(/C=C/C=N/C=C(\C)Cl)n(-c3ccc(F)cc3)c2=O)CC1. The van der Waals surface area contributed by atoms with E-state index in [1.54, 1.807) is 37.4 Å². The largest absolute Gasteiger partial charge is 0.350 e. The second-order valence-electron chi connectivity index (χ2n) is 8.97. The van der Waals surface area contributed by atoms with Crippen LogP contribution in [-0.2, 0) is 11.3 Å². The quantitative estimate of drug-likeness (QED) is 0.452. The van der Waals surface area contributed by atoms with E-state index in [0.29, 0.717) is 36.2 Å². The maximum Gasteiger partial charge on any atom is 0.350 e. The Morgan fingerprint density at radius 1 is 1.29 bits per heavy atom. The average Bonchev–Trinajstić information content (AvgIpc) is 3.14. The molecule has 2 heterocycles. The minimum atomic E-state index is -0.379. The Labute approximate surface area is 210 Å². The lowest BCUT2D eigenvalue weighted by Crippen LogP contribution is -2.42. The number of hydrogen-bond acceptors (Lipinski definition) is 4. The summed E-state index contributed by atoms with van der Waals surface area (Å²) in [6.07, 6.45) is 9.95. The topological polar surface area (TPSA) is 72.5 Å². The molecule has 1 unspecified atom stereocenters. The van der Waals surface area contributed by atoms with Crippen molar-refractivity contribution in [2.24, 2.45) is 16.8 Å². The van der Waals surface area contributed by atoms with Gasteiger partial charge in [-0.25, -0.2) is 18.4 Å². The van der Waals surface area contributed by atoms with Crippen molar-refractivity contribution in [2.45, 2.75) is 53.0 Å². The van der Waals surface area contributed by atoms with Crippen LogP contribution in [-0.4, -0.2) is 44.5 Å². The van der Waals surface area contributed by atoms with Crippen molar-refractivity contribution in [3.05, 3.63) is 63.7 Å². The summed E-state index contributed by atoms with van der Waals surface area (Å²) in [5, 5.41) is 5.10. The fourth-order valence-corrected chi connectivity index (χ4v) is 4.31. The fourth-order valence-electron chi connectivity index (χ4n) is 4.26. The van der Waals surface area contributed by atoms with Gasteiger partial charge in [-0.2, -0.15) is 0 Å². The van der Waals surface area contributed by atoms with Gasteiger partial charge in [-0.05, 0) is 68.5 Å². The van der Waals surface area contributed by atoms with Crippen LogP contribution in [0.3, 0.4) is 0 Å². The van der Waals surface area contributed by atoms with E-state index in [2.05, 4.69) is 17.0 Å². The van der Waals surface area contributed by atoms with Crippen molar-refractivity contribution >= 4 is 29.8 Å². The van der Waals surface area contributed by atoms with E-state index in [4.69, 9.17) is 11.6 Å². The molecule has 1 fully saturated rings. The van der Waals surface area contributed by atoms with Crippen LogP contribution in [0.15, 0.2) is 51.4 Å². The third kappa shape index (κ3) is 7.24. The molecule has 0 bridgehead atoms. The molecule has 1 aliphatic heterocycles. The molecule has 1 aromatic carbocycles. The molecule has 3 rings (SSSR count). The smallest absolute Gasteiger partial charge is 0.342 e. The van der Waals surface area contributed by atoms with Gasteiger partial charge in [0.2, 0.25) is 5.91 Å². The fraction of sp³-hybridized carbons (Fsp3) is 0.462. The van der Waals surface area contributed by atoms with Crippen LogP contribution in [0.5, 0.6) is 0 Å². The number of benzene rings is 1. The van der Waals surface area contributed by atoms with Crippen LogP contribution in [0.2, 0.25) is 0 Å². The van der Waals surface area contributed by atoms with E-state index in [1.807, 2.05) is 11.8 Å². The standard InChI is InChI=1S/C26H33ClFN5O2/c1-4-6-19(2)25(34)31-15-12-21(13-16-31)18-32-26(35)33(23-10-8-22(28)9-11-23)24(30-32)7-5-14-29-17-20(3)27/h5,7-11,14,17,19,21H,4,6,12-13,15-16,18H2,1-3H3/b7-5+,20-17+,29-14+. The average molecular weight is 502 g/mol. The van der Waals surface area contributed by atoms with Gasteiger partial charge in [0.1, 0.15) is 5.82 Å². The van der Waals surface area contributed by atoms with E-state index >= 15 is 0 Å². The zero-order chi connectivity index (χ0) is 25.4. The van der Waals surface area contributed by atoms with Gasteiger partial charge in [0.15, 0.2) is 5.82 Å². The first-order chi connectivity index (χ1) is 16.8. The highest BCUT2D eigenvalue weighted by molar-refractivity contribution is 6.29. The predicted molar refractivity (Wildman–Crippen MR) is 138 cm³/mol. The number of halogens is 2. The van der Waals surface area contributed by atoms with Gasteiger partial charge in [0.05, 0.1) is 5.69 Å². The highest BCUT2D eigenvalue weighted by Gasteiger charge is 2.27. The van der Waals surface area contributed by atoms with Crippen molar-refractivity contribution in [2.75, 3.05) is 13.1 Å². The van der Waals surface area contributed by atoms with Crippen LogP contribution < -0.4 is 5.69 Å². The summed E-state index contributed by atoms with van der Waals surface area (Å²) in [7, 11) is 0. The highest BCUT2D eigenvalue weighted by Crippen LogP contribution is 2.21. The molecule has 1 aliphatic rings. The van der Waals surface area contributed by atoms with Crippen LogP contribution in [0.4, 0.5) is 4.39 Å². The lowest BCUT2D eigenvalue weighted by Gasteiger charge is -2.33. The number of amides is 1. The molecule has 2 aromatic rings. The molecule has 0 spiro atoms. The molecule has 1 aromatic heterocycles. The number of piperidine rings is 1. The summed E-state index contributed by atoms with van der Waals surface area (Å²) >= 11 is 5.77. The van der Waals surface area contributed by atoms with E-state index in [0.717, 1.165) is 25.7 Å². The van der Waals surface area contributed by atoms with Crippen molar-refractivity contribution in [3.8, 4) is 5.69 Å². The zero-order valence-corrected chi connectivity index (χ0v) is 21.3. The molecule has 0 N–H and O–H groups in total. The van der Waals surface area contributed by atoms with Gasteiger partial charge in [-0.15, -0.1) is 5.10 Å². The third-order valence-electron chi connectivity index (χ3n) is 6.12. The Balaban J connectivity index is 1.78. The van der Waals surface area contributed by atoms with Gasteiger partial charge in [-0.1, -0.05) is 31.9 Å². The summed E-state index contributed by atoms with van der Waals surface area (Å²) in [5.74, 6) is 0.547. The summed E-state index contributed by atoms with van der Waals surface area (Å²) < 4.78 is 16.4. The molecule has 1 atom stereocenters. The molecule has 1 amide bonds. The van der Waals surface area contributed by atoms with Gasteiger partial charge in [0, 0.05) is 43.0 Å². The van der Waals surface area contributed by atoms with Crippen molar-refractivity contribution in [3.63, 3.8) is 0 Å². The molecule has 9 heteroatoms. The van der Waals surface area contributed by atoms with E-state index in [9.17, 15) is 14.0 Å². The van der Waals surface area contributed by atoms with Crippen LogP contribution in [0, 0.1) is 17.7 Å². The van der Waals surface area contributed by atoms with Crippen LogP contribution in [0.1, 0.15) is 52.3 Å². The molecule has 0 saturated carbocycles. The number of nitrogens with zero attached hydrogens (tertiary/aromatic N) is 5. The monoisotopic (exact) mass is 501 g/mol. The molecule has 0 aliphatic carbocycles. The number of allylic oxidation sites excluding steroid dienone is 2. The lowest BCUT2D eigenvalue weighted by molar-refractivity contribution is -0.136. The molecule has 7 nitrogen and oxygen atoms in total. The number of likely N-dealkylation sites (tertiary alicyclic amines) is 1. The van der Waals surface area contributed by atoms with Gasteiger partial charge >= 0.3 is 5.69 Å². The first-order valence-electron chi connectivity index (χ1n) is 12.1. The lowest BCUT2D eigenvalue weighted by atomic mass is 9.95. The molecule has 188 valence electrons. The molecule has 0 radical (unpaired) electrons. The predicted octanol–water partition coefficient (Wildman–Crippen LogP) is 5.03. The van der Waals surface area contributed by atoms with E-state index in [1.165, 1.54) is 27.6 Å². The first kappa shape index (κ1) is 26.6. The molecular weight excluding hydrogens is 469 g/mol. The summed E-state index contributed by atoms with van der Waals surface area (Å²) in [4.78, 5) is 31.9. The van der Waals surface area contributed by atoms with E-state index < -0.39 is 0 Å². The van der Waals surface area contributed by atoms with Gasteiger partial charge < -0.3 is 4.90 Å². The number of carbonyl (C=O) groups excluding carboxylic acids is 1. The van der Waals surface area contributed by atoms with Crippen molar-refractivity contribution < 1.29 is 9.18 Å². The Morgan fingerprint density at radius 3 is 2.60 bits per heavy atom. The Morgan fingerprint density at radius 2 is 1.97 bits per heavy atom. The number of rotatable bonds is 9.